The maximum atomic E-state index is 14.3. The highest BCUT2D eigenvalue weighted by atomic mass is 16.6. The zero-order valence-electron chi connectivity index (χ0n) is 29.5. The Morgan fingerprint density at radius 1 is 0.816 bits per heavy atom. The lowest BCUT2D eigenvalue weighted by atomic mass is 10.1. The van der Waals surface area contributed by atoms with E-state index in [0.29, 0.717) is 28.6 Å². The third-order valence-corrected chi connectivity index (χ3v) is 8.19. The first-order chi connectivity index (χ1) is 23.4. The summed E-state index contributed by atoms with van der Waals surface area (Å²) in [6, 6.07) is 19.7. The first kappa shape index (κ1) is 35.0. The van der Waals surface area contributed by atoms with Crippen molar-refractivity contribution in [1.29, 1.82) is 0 Å². The number of amides is 3. The average Bonchev–Trinajstić information content (AvgIpc) is 3.07. The number of aryl methyl sites for hydroxylation is 2. The first-order valence-corrected chi connectivity index (χ1v) is 16.2. The van der Waals surface area contributed by atoms with Crippen LogP contribution in [0.15, 0.2) is 73.1 Å². The monoisotopic (exact) mass is 667 g/mol. The fourth-order valence-electron chi connectivity index (χ4n) is 5.58. The van der Waals surface area contributed by atoms with Crippen molar-refractivity contribution in [2.45, 2.75) is 40.2 Å². The van der Waals surface area contributed by atoms with Gasteiger partial charge >= 0.3 is 12.1 Å². The second-order valence-electron chi connectivity index (χ2n) is 12.9. The second-order valence-corrected chi connectivity index (χ2v) is 12.9. The maximum absolute atomic E-state index is 14.3. The van der Waals surface area contributed by atoms with Crippen molar-refractivity contribution >= 4 is 46.5 Å². The van der Waals surface area contributed by atoms with Gasteiger partial charge in [-0.15, -0.1) is 0 Å². The lowest BCUT2D eigenvalue weighted by molar-refractivity contribution is 0.0598. The van der Waals surface area contributed by atoms with Gasteiger partial charge in [0.2, 0.25) is 0 Å². The molecule has 12 nitrogen and oxygen atoms in total. The van der Waals surface area contributed by atoms with E-state index in [4.69, 9.17) is 14.2 Å². The van der Waals surface area contributed by atoms with Gasteiger partial charge in [0, 0.05) is 49.7 Å². The summed E-state index contributed by atoms with van der Waals surface area (Å²) in [5.74, 6) is 1.33. The van der Waals surface area contributed by atoms with E-state index >= 15 is 0 Å². The highest BCUT2D eigenvalue weighted by molar-refractivity contribution is 6.08. The van der Waals surface area contributed by atoms with Crippen molar-refractivity contribution in [2.75, 3.05) is 67.5 Å². The topological polar surface area (TPSA) is 113 Å². The van der Waals surface area contributed by atoms with Gasteiger partial charge in [-0.2, -0.15) is 0 Å². The number of nitrogens with one attached hydrogen (secondary N) is 1. The van der Waals surface area contributed by atoms with Crippen LogP contribution in [0.4, 0.5) is 44.0 Å². The minimum Gasteiger partial charge on any atom is -0.497 e. The van der Waals surface area contributed by atoms with Crippen LogP contribution < -0.4 is 29.5 Å². The van der Waals surface area contributed by atoms with Gasteiger partial charge in [0.25, 0.3) is 0 Å². The number of hydrogen-bond donors (Lipinski definition) is 1. The summed E-state index contributed by atoms with van der Waals surface area (Å²) in [7, 11) is 5.19. The van der Waals surface area contributed by atoms with Crippen LogP contribution in [-0.4, -0.2) is 80.0 Å². The van der Waals surface area contributed by atoms with E-state index in [1.54, 1.807) is 52.1 Å². The maximum Gasteiger partial charge on any atom is 0.420 e. The lowest BCUT2D eigenvalue weighted by Crippen LogP contribution is -2.44. The summed E-state index contributed by atoms with van der Waals surface area (Å²) in [5.41, 5.74) is 3.70. The van der Waals surface area contributed by atoms with Crippen molar-refractivity contribution in [3.8, 4) is 11.5 Å². The van der Waals surface area contributed by atoms with Crippen LogP contribution in [0, 0.1) is 13.8 Å². The number of likely N-dealkylation sites (N-methyl/N-ethyl adjacent to an activating group) is 1. The summed E-state index contributed by atoms with van der Waals surface area (Å²) < 4.78 is 17.0. The normalized spacial score (nSPS) is 13.4. The van der Waals surface area contributed by atoms with Crippen LogP contribution >= 0.6 is 0 Å². The van der Waals surface area contributed by atoms with E-state index in [1.807, 2.05) is 56.3 Å². The number of carbonyl (C=O) groups is 2. The number of benzene rings is 3. The highest BCUT2D eigenvalue weighted by Gasteiger charge is 2.30. The van der Waals surface area contributed by atoms with Gasteiger partial charge in [0.1, 0.15) is 35.1 Å². The first-order valence-electron chi connectivity index (χ1n) is 16.2. The number of anilines is 6. The van der Waals surface area contributed by atoms with Crippen LogP contribution in [0.25, 0.3) is 0 Å². The predicted octanol–water partition coefficient (Wildman–Crippen LogP) is 7.31. The number of nitrogens with zero attached hydrogens (tertiary/aromatic N) is 6. The van der Waals surface area contributed by atoms with Gasteiger partial charge in [0.15, 0.2) is 0 Å². The van der Waals surface area contributed by atoms with Gasteiger partial charge < -0.3 is 29.3 Å². The minimum atomic E-state index is -0.779. The number of ether oxygens (including phenoxy) is 3. The molecule has 1 aliphatic heterocycles. The molecule has 1 aromatic heterocycles. The van der Waals surface area contributed by atoms with E-state index < -0.39 is 17.7 Å². The molecule has 258 valence electrons. The van der Waals surface area contributed by atoms with Gasteiger partial charge in [-0.05, 0) is 89.2 Å². The third kappa shape index (κ3) is 8.21. The molecule has 2 heterocycles. The van der Waals surface area contributed by atoms with Gasteiger partial charge in [-0.25, -0.2) is 29.4 Å². The van der Waals surface area contributed by atoms with Gasteiger partial charge in [0.05, 0.1) is 25.6 Å². The molecule has 3 amide bonds. The molecule has 3 aromatic carbocycles. The van der Waals surface area contributed by atoms with Crippen LogP contribution in [-0.2, 0) is 4.74 Å². The summed E-state index contributed by atoms with van der Waals surface area (Å²) in [6.07, 6.45) is 0.689. The van der Waals surface area contributed by atoms with Gasteiger partial charge in [-0.1, -0.05) is 18.2 Å². The summed E-state index contributed by atoms with van der Waals surface area (Å²) >= 11 is 0. The van der Waals surface area contributed by atoms with Crippen LogP contribution in [0.5, 0.6) is 11.5 Å². The Bertz CT molecular complexity index is 1760. The molecular weight excluding hydrogens is 622 g/mol. The zero-order chi connectivity index (χ0) is 35.3. The Kier molecular flexibility index (Phi) is 10.6. The van der Waals surface area contributed by atoms with E-state index in [-0.39, 0.29) is 11.6 Å². The molecule has 1 aliphatic rings. The Morgan fingerprint density at radius 2 is 1.45 bits per heavy atom. The summed E-state index contributed by atoms with van der Waals surface area (Å²) in [6.45, 7) is 13.0. The standard InChI is InChI=1S/C37H45N7O5/c1-25-10-9-11-26(2)34(25)40-35(45)44(30-17-16-29(47-7)22-31(30)48-8)33-23-32(38-24-39-33)43(36(46)49-37(3,4)5)28-14-12-27(13-15-28)42-20-18-41(6)19-21-42/h9-17,22-24H,18-21H2,1-8H3,(H,40,45). The summed E-state index contributed by atoms with van der Waals surface area (Å²) in [5, 5.41) is 3.06. The molecule has 1 saturated heterocycles. The number of hydrogen-bond acceptors (Lipinski definition) is 9. The number of para-hydroxylation sites is 1. The van der Waals surface area contributed by atoms with Crippen molar-refractivity contribution in [2.24, 2.45) is 0 Å². The number of aromatic nitrogens is 2. The van der Waals surface area contributed by atoms with Crippen LogP contribution in [0.3, 0.4) is 0 Å². The Labute approximate surface area is 288 Å². The molecule has 0 spiro atoms. The minimum absolute atomic E-state index is 0.194. The molecule has 49 heavy (non-hydrogen) atoms. The molecule has 0 aliphatic carbocycles. The van der Waals surface area contributed by atoms with E-state index in [1.165, 1.54) is 23.2 Å². The fourth-order valence-corrected chi connectivity index (χ4v) is 5.58. The SMILES string of the molecule is COc1ccc(N(C(=O)Nc2c(C)cccc2C)c2cc(N(C(=O)OC(C)(C)C)c3ccc(N4CCN(C)CC4)cc3)ncn2)c(OC)c1. The molecular formula is C37H45N7O5. The van der Waals surface area contributed by atoms with Crippen LogP contribution in [0.2, 0.25) is 0 Å². The number of methoxy groups -OCH3 is 2. The molecule has 1 N–H and O–H groups in total. The molecule has 0 atom stereocenters. The second kappa shape index (κ2) is 14.8. The van der Waals surface area contributed by atoms with Crippen molar-refractivity contribution < 1.29 is 23.8 Å². The smallest absolute Gasteiger partial charge is 0.420 e. The molecule has 5 rings (SSSR count). The molecule has 0 radical (unpaired) electrons. The molecule has 0 bridgehead atoms. The number of carbonyl (C=O) groups excluding carboxylic acids is 2. The lowest BCUT2D eigenvalue weighted by Gasteiger charge is -2.34. The molecule has 12 heteroatoms. The molecule has 0 unspecified atom stereocenters. The Balaban J connectivity index is 1.59. The summed E-state index contributed by atoms with van der Waals surface area (Å²) in [4.78, 5) is 44.5. The molecule has 1 fully saturated rings. The Hall–Kier alpha value is -5.36. The molecule has 0 saturated carbocycles. The Morgan fingerprint density at radius 3 is 2.04 bits per heavy atom. The average molecular weight is 668 g/mol. The predicted molar refractivity (Wildman–Crippen MR) is 193 cm³/mol. The quantitative estimate of drug-likeness (QED) is 0.207. The van der Waals surface area contributed by atoms with E-state index in [9.17, 15) is 9.59 Å². The third-order valence-electron chi connectivity index (χ3n) is 8.19. The van der Waals surface area contributed by atoms with Crippen LogP contribution in [0.1, 0.15) is 31.9 Å². The van der Waals surface area contributed by atoms with Crippen molar-refractivity contribution in [3.05, 3.63) is 84.2 Å². The van der Waals surface area contributed by atoms with Crippen molar-refractivity contribution in [3.63, 3.8) is 0 Å². The van der Waals surface area contributed by atoms with Gasteiger partial charge in [-0.3, -0.25) is 0 Å². The zero-order valence-corrected chi connectivity index (χ0v) is 29.5. The molecule has 4 aromatic rings. The number of urea groups is 1. The fraction of sp³-hybridized carbons (Fsp3) is 0.351. The highest BCUT2D eigenvalue weighted by Crippen LogP contribution is 2.38. The van der Waals surface area contributed by atoms with E-state index in [2.05, 4.69) is 32.1 Å². The van der Waals surface area contributed by atoms with E-state index in [0.717, 1.165) is 43.0 Å². The number of rotatable bonds is 8. The number of piperazine rings is 1. The largest absolute Gasteiger partial charge is 0.497 e. The van der Waals surface area contributed by atoms with Crippen molar-refractivity contribution in [1.82, 2.24) is 14.9 Å².